The van der Waals surface area contributed by atoms with Crippen LogP contribution in [0.3, 0.4) is 0 Å². The molecule has 12 heavy (non-hydrogen) atoms. The summed E-state index contributed by atoms with van der Waals surface area (Å²) in [6.45, 7) is 0. The van der Waals surface area contributed by atoms with Crippen LogP contribution >= 0.6 is 27.5 Å². The Labute approximate surface area is 81.8 Å². The zero-order valence-corrected chi connectivity index (χ0v) is 8.10. The number of hydrogen-bond acceptors (Lipinski definition) is 2. The van der Waals surface area contributed by atoms with Crippen molar-refractivity contribution >= 4 is 33.7 Å². The second-order valence-electron chi connectivity index (χ2n) is 2.03. The maximum absolute atomic E-state index is 12.8. The van der Waals surface area contributed by atoms with Gasteiger partial charge in [-0.25, -0.2) is 4.39 Å². The lowest BCUT2D eigenvalue weighted by Crippen LogP contribution is -1.86. The summed E-state index contributed by atoms with van der Waals surface area (Å²) in [5, 5.41) is 11.2. The molecule has 0 aliphatic carbocycles. The standard InChI is InChI=1S/C7H4BrClFNO/c8-5-1-4(3-11-12)6(9)2-7(5)10/h1-3,12H. The van der Waals surface area contributed by atoms with Gasteiger partial charge in [0.05, 0.1) is 15.7 Å². The number of halogens is 3. The molecule has 0 aliphatic heterocycles. The summed E-state index contributed by atoms with van der Waals surface area (Å²) >= 11 is 8.59. The van der Waals surface area contributed by atoms with E-state index >= 15 is 0 Å². The molecule has 0 unspecified atom stereocenters. The first-order valence-electron chi connectivity index (χ1n) is 2.97. The van der Waals surface area contributed by atoms with Crippen molar-refractivity contribution in [3.05, 3.63) is 33.0 Å². The summed E-state index contributed by atoms with van der Waals surface area (Å²) in [4.78, 5) is 0. The highest BCUT2D eigenvalue weighted by Crippen LogP contribution is 2.23. The number of nitrogens with zero attached hydrogens (tertiary/aromatic N) is 1. The van der Waals surface area contributed by atoms with E-state index in [1.807, 2.05) is 0 Å². The third-order valence-corrected chi connectivity index (χ3v) is 2.17. The molecule has 2 nitrogen and oxygen atoms in total. The second-order valence-corrected chi connectivity index (χ2v) is 3.29. The van der Waals surface area contributed by atoms with Crippen LogP contribution in [0.25, 0.3) is 0 Å². The summed E-state index contributed by atoms with van der Waals surface area (Å²) < 4.78 is 13.0. The van der Waals surface area contributed by atoms with Crippen LogP contribution in [0.2, 0.25) is 5.02 Å². The molecule has 0 fully saturated rings. The number of benzene rings is 1. The molecule has 0 saturated heterocycles. The Morgan fingerprint density at radius 2 is 2.25 bits per heavy atom. The molecule has 0 atom stereocenters. The Bertz CT molecular complexity index is 329. The molecule has 0 aromatic heterocycles. The van der Waals surface area contributed by atoms with Crippen molar-refractivity contribution in [1.82, 2.24) is 0 Å². The van der Waals surface area contributed by atoms with Crippen LogP contribution in [0.5, 0.6) is 0 Å². The van der Waals surface area contributed by atoms with E-state index in [1.54, 1.807) is 0 Å². The summed E-state index contributed by atoms with van der Waals surface area (Å²) in [5.41, 5.74) is 0.451. The minimum absolute atomic E-state index is 0.202. The van der Waals surface area contributed by atoms with E-state index in [-0.39, 0.29) is 9.50 Å². The molecule has 1 rings (SSSR count). The molecule has 1 aromatic rings. The average Bonchev–Trinajstić information content (AvgIpc) is 2.01. The van der Waals surface area contributed by atoms with E-state index in [9.17, 15) is 4.39 Å². The third-order valence-electron chi connectivity index (χ3n) is 1.24. The fraction of sp³-hybridized carbons (Fsp3) is 0. The van der Waals surface area contributed by atoms with E-state index in [2.05, 4.69) is 21.1 Å². The van der Waals surface area contributed by atoms with Gasteiger partial charge in [-0.3, -0.25) is 0 Å². The van der Waals surface area contributed by atoms with Gasteiger partial charge >= 0.3 is 0 Å². The van der Waals surface area contributed by atoms with Gasteiger partial charge in [0.15, 0.2) is 0 Å². The summed E-state index contributed by atoms with van der Waals surface area (Å²) in [5.74, 6) is -0.449. The Kier molecular flexibility index (Phi) is 3.05. The minimum atomic E-state index is -0.449. The minimum Gasteiger partial charge on any atom is -0.411 e. The SMILES string of the molecule is ON=Cc1cc(Br)c(F)cc1Cl. The van der Waals surface area contributed by atoms with Crippen molar-refractivity contribution in [2.75, 3.05) is 0 Å². The van der Waals surface area contributed by atoms with Crippen LogP contribution in [0.1, 0.15) is 5.56 Å². The van der Waals surface area contributed by atoms with Gasteiger partial charge in [0.1, 0.15) is 5.82 Å². The number of oxime groups is 1. The van der Waals surface area contributed by atoms with Crippen LogP contribution in [-0.4, -0.2) is 11.4 Å². The lowest BCUT2D eigenvalue weighted by atomic mass is 10.2. The van der Waals surface area contributed by atoms with E-state index < -0.39 is 5.82 Å². The normalized spacial score (nSPS) is 10.9. The molecule has 0 spiro atoms. The highest BCUT2D eigenvalue weighted by Gasteiger charge is 2.04. The first-order valence-corrected chi connectivity index (χ1v) is 4.14. The zero-order valence-electron chi connectivity index (χ0n) is 5.76. The van der Waals surface area contributed by atoms with Crippen molar-refractivity contribution in [2.24, 2.45) is 5.16 Å². The third kappa shape index (κ3) is 1.95. The topological polar surface area (TPSA) is 32.6 Å². The molecular weight excluding hydrogens is 248 g/mol. The molecule has 0 amide bonds. The first-order chi connectivity index (χ1) is 5.65. The van der Waals surface area contributed by atoms with Crippen LogP contribution in [-0.2, 0) is 0 Å². The zero-order chi connectivity index (χ0) is 9.14. The van der Waals surface area contributed by atoms with Crippen LogP contribution in [0.15, 0.2) is 21.8 Å². The molecule has 0 saturated carbocycles. The number of rotatable bonds is 1. The maximum atomic E-state index is 12.8. The fourth-order valence-corrected chi connectivity index (χ4v) is 1.26. The Morgan fingerprint density at radius 1 is 1.58 bits per heavy atom. The van der Waals surface area contributed by atoms with E-state index in [1.165, 1.54) is 6.07 Å². The Morgan fingerprint density at radius 3 is 2.83 bits per heavy atom. The van der Waals surface area contributed by atoms with Crippen molar-refractivity contribution in [3.63, 3.8) is 0 Å². The molecule has 1 N–H and O–H groups in total. The lowest BCUT2D eigenvalue weighted by molar-refractivity contribution is 0.322. The summed E-state index contributed by atoms with van der Waals surface area (Å²) in [6, 6.07) is 2.57. The summed E-state index contributed by atoms with van der Waals surface area (Å²) in [7, 11) is 0. The number of hydrogen-bond donors (Lipinski definition) is 1. The van der Waals surface area contributed by atoms with Gasteiger partial charge in [0.25, 0.3) is 0 Å². The van der Waals surface area contributed by atoms with Gasteiger partial charge in [-0.05, 0) is 28.1 Å². The largest absolute Gasteiger partial charge is 0.411 e. The second kappa shape index (κ2) is 3.87. The summed E-state index contributed by atoms with van der Waals surface area (Å²) in [6.07, 6.45) is 1.13. The van der Waals surface area contributed by atoms with Gasteiger partial charge in [-0.2, -0.15) is 0 Å². The molecular formula is C7H4BrClFNO. The van der Waals surface area contributed by atoms with Gasteiger partial charge in [-0.15, -0.1) is 0 Å². The smallest absolute Gasteiger partial charge is 0.138 e. The van der Waals surface area contributed by atoms with E-state index in [4.69, 9.17) is 16.8 Å². The monoisotopic (exact) mass is 251 g/mol. The van der Waals surface area contributed by atoms with Crippen LogP contribution < -0.4 is 0 Å². The van der Waals surface area contributed by atoms with Gasteiger partial charge in [0, 0.05) is 5.56 Å². The van der Waals surface area contributed by atoms with Crippen molar-refractivity contribution in [1.29, 1.82) is 0 Å². The van der Waals surface area contributed by atoms with Gasteiger partial charge in [0.2, 0.25) is 0 Å². The predicted octanol–water partition coefficient (Wildman–Crippen LogP) is 3.05. The Hall–Kier alpha value is -0.610. The molecule has 0 bridgehead atoms. The van der Waals surface area contributed by atoms with E-state index in [0.717, 1.165) is 12.3 Å². The predicted molar refractivity (Wildman–Crippen MR) is 48.5 cm³/mol. The molecule has 0 radical (unpaired) electrons. The van der Waals surface area contributed by atoms with Gasteiger partial charge < -0.3 is 5.21 Å². The molecule has 64 valence electrons. The highest BCUT2D eigenvalue weighted by molar-refractivity contribution is 9.10. The Balaban J connectivity index is 3.23. The highest BCUT2D eigenvalue weighted by atomic mass is 79.9. The molecule has 1 aromatic carbocycles. The first kappa shape index (κ1) is 9.48. The van der Waals surface area contributed by atoms with Crippen molar-refractivity contribution in [2.45, 2.75) is 0 Å². The van der Waals surface area contributed by atoms with Crippen LogP contribution in [0, 0.1) is 5.82 Å². The molecule has 0 heterocycles. The van der Waals surface area contributed by atoms with Crippen molar-refractivity contribution < 1.29 is 9.60 Å². The van der Waals surface area contributed by atoms with Crippen LogP contribution in [0.4, 0.5) is 4.39 Å². The quantitative estimate of drug-likeness (QED) is 0.354. The van der Waals surface area contributed by atoms with Crippen molar-refractivity contribution in [3.8, 4) is 0 Å². The molecule has 0 aliphatic rings. The van der Waals surface area contributed by atoms with Gasteiger partial charge in [-0.1, -0.05) is 16.8 Å². The molecule has 5 heteroatoms. The lowest BCUT2D eigenvalue weighted by Gasteiger charge is -1.98. The average molecular weight is 252 g/mol. The fourth-order valence-electron chi connectivity index (χ4n) is 0.699. The van der Waals surface area contributed by atoms with E-state index in [0.29, 0.717) is 5.56 Å². The maximum Gasteiger partial charge on any atom is 0.138 e.